The van der Waals surface area contributed by atoms with Gasteiger partial charge in [-0.3, -0.25) is 4.90 Å². The molecule has 0 unspecified atom stereocenters. The molecule has 3 N–H and O–H groups in total. The van der Waals surface area contributed by atoms with Crippen molar-refractivity contribution >= 4 is 11.9 Å². The molecule has 1 aromatic rings. The van der Waals surface area contributed by atoms with Crippen LogP contribution in [-0.2, 0) is 22.3 Å². The molecule has 0 aliphatic carbocycles. The minimum atomic E-state index is -4.31. The van der Waals surface area contributed by atoms with Gasteiger partial charge in [-0.05, 0) is 44.5 Å². The zero-order valence-electron chi connectivity index (χ0n) is 16.8. The highest BCUT2D eigenvalue weighted by Crippen LogP contribution is 2.33. The molecule has 0 amide bonds. The molecule has 6 nitrogen and oxygen atoms in total. The van der Waals surface area contributed by atoms with Crippen molar-refractivity contribution in [3.05, 3.63) is 59.7 Å². The Morgan fingerprint density at radius 1 is 1.17 bits per heavy atom. The standard InChI is InChI=1S/C17H23F3N2.C4H4O4/c1-13(2)11-22(15-7-9-21-10-8-15)12-14-5-3-4-6-16(14)17(18,19)20;5-3(6)1-2-4(7)8/h3-6,15,21H,1,7-12H2,2H3;1-2H,(H,5,6)(H,7,8)/b;2-1+. The van der Waals surface area contributed by atoms with Crippen LogP contribution in [0.1, 0.15) is 30.9 Å². The first-order valence-corrected chi connectivity index (χ1v) is 9.39. The van der Waals surface area contributed by atoms with Gasteiger partial charge < -0.3 is 15.5 Å². The number of piperidine rings is 1. The number of hydrogen-bond donors (Lipinski definition) is 3. The maximum atomic E-state index is 13.2. The number of aliphatic carboxylic acids is 2. The van der Waals surface area contributed by atoms with Crippen LogP contribution in [0, 0.1) is 0 Å². The molecule has 0 aromatic heterocycles. The molecular formula is C21H27F3N2O4. The molecule has 0 saturated carbocycles. The van der Waals surface area contributed by atoms with E-state index in [1.807, 2.05) is 6.92 Å². The molecule has 0 bridgehead atoms. The highest BCUT2D eigenvalue weighted by Gasteiger charge is 2.33. The Balaban J connectivity index is 0.000000479. The van der Waals surface area contributed by atoms with Gasteiger partial charge in [-0.1, -0.05) is 30.4 Å². The molecule has 1 fully saturated rings. The van der Waals surface area contributed by atoms with Crippen molar-refractivity contribution in [2.45, 2.75) is 38.5 Å². The van der Waals surface area contributed by atoms with Gasteiger partial charge in [-0.2, -0.15) is 13.2 Å². The lowest BCUT2D eigenvalue weighted by atomic mass is 10.0. The molecule has 1 aromatic carbocycles. The highest BCUT2D eigenvalue weighted by atomic mass is 19.4. The van der Waals surface area contributed by atoms with E-state index in [0.29, 0.717) is 36.8 Å². The van der Waals surface area contributed by atoms with Crippen molar-refractivity contribution in [1.29, 1.82) is 0 Å². The van der Waals surface area contributed by atoms with E-state index in [-0.39, 0.29) is 0 Å². The van der Waals surface area contributed by atoms with Gasteiger partial charge in [0, 0.05) is 31.3 Å². The summed E-state index contributed by atoms with van der Waals surface area (Å²) < 4.78 is 39.5. The number of carboxylic acid groups (broad SMARTS) is 2. The van der Waals surface area contributed by atoms with E-state index in [1.54, 1.807) is 12.1 Å². The zero-order chi connectivity index (χ0) is 22.7. The molecule has 0 radical (unpaired) electrons. The van der Waals surface area contributed by atoms with E-state index >= 15 is 0 Å². The third-order valence-electron chi connectivity index (χ3n) is 4.36. The molecule has 30 heavy (non-hydrogen) atoms. The summed E-state index contributed by atoms with van der Waals surface area (Å²) in [4.78, 5) is 21.2. The third-order valence-corrected chi connectivity index (χ3v) is 4.36. The average Bonchev–Trinajstić information content (AvgIpc) is 2.66. The summed E-state index contributed by atoms with van der Waals surface area (Å²) in [6.45, 7) is 8.62. The maximum Gasteiger partial charge on any atom is 0.416 e. The molecule has 1 aliphatic heterocycles. The number of alkyl halides is 3. The third kappa shape index (κ3) is 9.71. The lowest BCUT2D eigenvalue weighted by Crippen LogP contribution is -2.43. The normalized spacial score (nSPS) is 15.0. The molecule has 2 rings (SSSR count). The fourth-order valence-electron chi connectivity index (χ4n) is 3.13. The van der Waals surface area contributed by atoms with Gasteiger partial charge in [0.05, 0.1) is 5.56 Å². The van der Waals surface area contributed by atoms with Gasteiger partial charge in [0.1, 0.15) is 0 Å². The molecule has 1 aliphatic rings. The van der Waals surface area contributed by atoms with Crippen LogP contribution in [0.4, 0.5) is 13.2 Å². The number of nitrogens with zero attached hydrogens (tertiary/aromatic N) is 1. The van der Waals surface area contributed by atoms with E-state index in [9.17, 15) is 22.8 Å². The SMILES string of the molecule is C=C(C)CN(Cc1ccccc1C(F)(F)F)C1CCNCC1.O=C(O)/C=C/C(=O)O. The number of rotatable bonds is 7. The van der Waals surface area contributed by atoms with Gasteiger partial charge >= 0.3 is 18.1 Å². The lowest BCUT2D eigenvalue weighted by molar-refractivity contribution is -0.138. The number of carbonyl (C=O) groups is 2. The second-order valence-corrected chi connectivity index (χ2v) is 7.01. The average molecular weight is 428 g/mol. The molecular weight excluding hydrogens is 401 g/mol. The lowest BCUT2D eigenvalue weighted by Gasteiger charge is -2.35. The van der Waals surface area contributed by atoms with E-state index in [1.165, 1.54) is 6.07 Å². The van der Waals surface area contributed by atoms with Gasteiger partial charge in [0.25, 0.3) is 0 Å². The summed E-state index contributed by atoms with van der Waals surface area (Å²) in [6.07, 6.45) is -1.27. The second kappa shape index (κ2) is 12.1. The van der Waals surface area contributed by atoms with E-state index in [4.69, 9.17) is 10.2 Å². The molecule has 0 atom stereocenters. The molecule has 1 saturated heterocycles. The van der Waals surface area contributed by atoms with Gasteiger partial charge in [-0.15, -0.1) is 0 Å². The largest absolute Gasteiger partial charge is 0.478 e. The zero-order valence-corrected chi connectivity index (χ0v) is 16.8. The summed E-state index contributed by atoms with van der Waals surface area (Å²) in [6, 6.07) is 6.16. The van der Waals surface area contributed by atoms with Crippen molar-refractivity contribution in [3.8, 4) is 0 Å². The topological polar surface area (TPSA) is 89.9 Å². The summed E-state index contributed by atoms with van der Waals surface area (Å²) >= 11 is 0. The van der Waals surface area contributed by atoms with Crippen molar-refractivity contribution in [1.82, 2.24) is 10.2 Å². The Bertz CT molecular complexity index is 741. The van der Waals surface area contributed by atoms with Crippen LogP contribution in [0.5, 0.6) is 0 Å². The molecule has 0 spiro atoms. The monoisotopic (exact) mass is 428 g/mol. The Morgan fingerprint density at radius 3 is 2.17 bits per heavy atom. The smallest absolute Gasteiger partial charge is 0.416 e. The first-order valence-electron chi connectivity index (χ1n) is 9.39. The summed E-state index contributed by atoms with van der Waals surface area (Å²) in [5, 5.41) is 18.9. The van der Waals surface area contributed by atoms with Crippen LogP contribution in [0.2, 0.25) is 0 Å². The van der Waals surface area contributed by atoms with Crippen LogP contribution in [0.3, 0.4) is 0 Å². The fraction of sp³-hybridized carbons (Fsp3) is 0.429. The van der Waals surface area contributed by atoms with Crippen molar-refractivity contribution in [3.63, 3.8) is 0 Å². The quantitative estimate of drug-likeness (QED) is 0.455. The predicted octanol–water partition coefficient (Wildman–Crippen LogP) is 3.55. The Hall–Kier alpha value is -2.65. The Morgan fingerprint density at radius 2 is 1.70 bits per heavy atom. The Kier molecular flexibility index (Phi) is 10.3. The van der Waals surface area contributed by atoms with Crippen molar-refractivity contribution < 1.29 is 33.0 Å². The number of hydrogen-bond acceptors (Lipinski definition) is 4. The fourth-order valence-corrected chi connectivity index (χ4v) is 3.13. The summed E-state index contributed by atoms with van der Waals surface area (Å²) in [7, 11) is 0. The van der Waals surface area contributed by atoms with Crippen LogP contribution >= 0.6 is 0 Å². The first-order chi connectivity index (χ1) is 14.0. The number of benzene rings is 1. The van der Waals surface area contributed by atoms with Crippen LogP contribution in [0.25, 0.3) is 0 Å². The number of halogens is 3. The molecule has 1 heterocycles. The van der Waals surface area contributed by atoms with E-state index in [0.717, 1.165) is 37.6 Å². The highest BCUT2D eigenvalue weighted by molar-refractivity contribution is 5.89. The van der Waals surface area contributed by atoms with E-state index < -0.39 is 23.7 Å². The minimum absolute atomic E-state index is 0.305. The number of carboxylic acids is 2. The van der Waals surface area contributed by atoms with Gasteiger partial charge in [0.2, 0.25) is 0 Å². The van der Waals surface area contributed by atoms with Crippen LogP contribution < -0.4 is 5.32 Å². The maximum absolute atomic E-state index is 13.2. The summed E-state index contributed by atoms with van der Waals surface area (Å²) in [5.74, 6) is -2.51. The second-order valence-electron chi connectivity index (χ2n) is 7.01. The Labute approximate surface area is 173 Å². The van der Waals surface area contributed by atoms with Crippen molar-refractivity contribution in [2.75, 3.05) is 19.6 Å². The molecule has 166 valence electrons. The minimum Gasteiger partial charge on any atom is -0.478 e. The van der Waals surface area contributed by atoms with Gasteiger partial charge in [0.15, 0.2) is 0 Å². The number of nitrogens with one attached hydrogen (secondary N) is 1. The van der Waals surface area contributed by atoms with Gasteiger partial charge in [-0.25, -0.2) is 9.59 Å². The summed E-state index contributed by atoms with van der Waals surface area (Å²) in [5.41, 5.74) is 0.786. The van der Waals surface area contributed by atoms with E-state index in [2.05, 4.69) is 16.8 Å². The van der Waals surface area contributed by atoms with Crippen molar-refractivity contribution in [2.24, 2.45) is 0 Å². The molecule has 9 heteroatoms. The van der Waals surface area contributed by atoms with Crippen LogP contribution in [0.15, 0.2) is 48.6 Å². The predicted molar refractivity (Wildman–Crippen MR) is 107 cm³/mol. The van der Waals surface area contributed by atoms with Crippen LogP contribution in [-0.4, -0.2) is 52.7 Å². The first kappa shape index (κ1) is 25.4.